The first-order valence-corrected chi connectivity index (χ1v) is 7.72. The molecule has 6 nitrogen and oxygen atoms in total. The average molecular weight is 329 g/mol. The Labute approximate surface area is 142 Å². The molecule has 4 rings (SSSR count). The standard InChI is InChI=1S/C19H15N5O/c20-19(21)24-18-13-3-1-2-4-15(13)23-16(14-9-10-22-17(14)18)11-5-7-12(25)8-6-11/h1-10,22,25H,(H3,20,21)/b24-18-. The quantitative estimate of drug-likeness (QED) is 0.318. The van der Waals surface area contributed by atoms with E-state index in [1.165, 1.54) is 0 Å². The molecule has 0 spiro atoms. The van der Waals surface area contributed by atoms with Crippen LogP contribution in [0.5, 0.6) is 5.75 Å². The summed E-state index contributed by atoms with van der Waals surface area (Å²) in [5, 5.41) is 19.4. The zero-order valence-electron chi connectivity index (χ0n) is 13.2. The van der Waals surface area contributed by atoms with Crippen LogP contribution in [0, 0.1) is 5.41 Å². The van der Waals surface area contributed by atoms with Crippen molar-refractivity contribution in [2.75, 3.05) is 0 Å². The lowest BCUT2D eigenvalue weighted by molar-refractivity contribution is 0.475. The van der Waals surface area contributed by atoms with Crippen molar-refractivity contribution in [3.63, 3.8) is 0 Å². The van der Waals surface area contributed by atoms with Crippen LogP contribution in [0.2, 0.25) is 0 Å². The highest BCUT2D eigenvalue weighted by atomic mass is 16.3. The second-order valence-electron chi connectivity index (χ2n) is 5.64. The number of H-pyrrole nitrogens is 1. The van der Waals surface area contributed by atoms with E-state index in [0.29, 0.717) is 5.36 Å². The molecule has 0 aliphatic rings. The van der Waals surface area contributed by atoms with Crippen LogP contribution in [0.1, 0.15) is 0 Å². The van der Waals surface area contributed by atoms with Crippen molar-refractivity contribution in [3.05, 3.63) is 66.2 Å². The van der Waals surface area contributed by atoms with Crippen molar-refractivity contribution in [2.45, 2.75) is 0 Å². The molecule has 0 amide bonds. The summed E-state index contributed by atoms with van der Waals surface area (Å²) >= 11 is 0. The molecule has 25 heavy (non-hydrogen) atoms. The number of rotatable bonds is 1. The smallest absolute Gasteiger partial charge is 0.213 e. The topological polar surface area (TPSA) is 111 Å². The van der Waals surface area contributed by atoms with Gasteiger partial charge in [-0.25, -0.2) is 9.98 Å². The Morgan fingerprint density at radius 3 is 2.56 bits per heavy atom. The maximum atomic E-state index is 9.56. The fraction of sp³-hybridized carbons (Fsp3) is 0. The molecule has 0 fully saturated rings. The minimum absolute atomic E-state index is 0.200. The summed E-state index contributed by atoms with van der Waals surface area (Å²) in [4.78, 5) is 12.3. The van der Waals surface area contributed by atoms with E-state index in [9.17, 15) is 5.11 Å². The van der Waals surface area contributed by atoms with Gasteiger partial charge in [-0.2, -0.15) is 0 Å². The number of aromatic nitrogens is 2. The molecular formula is C19H15N5O. The average Bonchev–Trinajstić information content (AvgIpc) is 3.04. The van der Waals surface area contributed by atoms with Crippen molar-refractivity contribution in [3.8, 4) is 17.0 Å². The van der Waals surface area contributed by atoms with Gasteiger partial charge in [-0.15, -0.1) is 0 Å². The summed E-state index contributed by atoms with van der Waals surface area (Å²) in [6, 6.07) is 16.4. The fourth-order valence-corrected chi connectivity index (χ4v) is 2.93. The van der Waals surface area contributed by atoms with E-state index in [1.807, 2.05) is 48.7 Å². The highest BCUT2D eigenvalue weighted by molar-refractivity contribution is 5.98. The molecule has 2 aromatic heterocycles. The van der Waals surface area contributed by atoms with Crippen molar-refractivity contribution >= 4 is 27.8 Å². The Balaban J connectivity index is 2.24. The van der Waals surface area contributed by atoms with Gasteiger partial charge in [0.2, 0.25) is 5.96 Å². The molecule has 122 valence electrons. The number of nitrogens with two attached hydrogens (primary N) is 1. The summed E-state index contributed by atoms with van der Waals surface area (Å²) in [6.07, 6.45) is 1.81. The molecule has 2 aromatic carbocycles. The minimum Gasteiger partial charge on any atom is -0.508 e. The third-order valence-corrected chi connectivity index (χ3v) is 4.00. The maximum Gasteiger partial charge on any atom is 0.213 e. The number of hydrogen-bond donors (Lipinski definition) is 4. The third kappa shape index (κ3) is 2.59. The number of benzene rings is 2. The Bertz CT molecular complexity index is 1180. The molecule has 0 unspecified atom stereocenters. The van der Waals surface area contributed by atoms with Crippen molar-refractivity contribution in [1.29, 1.82) is 5.41 Å². The Hall–Kier alpha value is -3.67. The first-order chi connectivity index (χ1) is 12.1. The van der Waals surface area contributed by atoms with Crippen LogP contribution in [0.3, 0.4) is 0 Å². The second kappa shape index (κ2) is 5.76. The molecule has 0 bridgehead atoms. The van der Waals surface area contributed by atoms with Gasteiger partial charge in [0, 0.05) is 22.5 Å². The van der Waals surface area contributed by atoms with Gasteiger partial charge in [-0.1, -0.05) is 18.2 Å². The van der Waals surface area contributed by atoms with Crippen LogP contribution in [-0.4, -0.2) is 21.0 Å². The van der Waals surface area contributed by atoms with Gasteiger partial charge in [0.15, 0.2) is 0 Å². The summed E-state index contributed by atoms with van der Waals surface area (Å²) in [5.41, 5.74) is 8.67. The van der Waals surface area contributed by atoms with Crippen molar-refractivity contribution < 1.29 is 5.11 Å². The molecule has 0 atom stereocenters. The lowest BCUT2D eigenvalue weighted by atomic mass is 10.1. The number of aromatic hydroxyl groups is 1. The first-order valence-electron chi connectivity index (χ1n) is 7.72. The largest absolute Gasteiger partial charge is 0.508 e. The van der Waals surface area contributed by atoms with E-state index in [4.69, 9.17) is 16.1 Å². The number of nitrogens with zero attached hydrogens (tertiary/aromatic N) is 2. The highest BCUT2D eigenvalue weighted by Gasteiger charge is 2.10. The second-order valence-corrected chi connectivity index (χ2v) is 5.64. The number of fused-ring (bicyclic) bond motifs is 2. The van der Waals surface area contributed by atoms with Crippen LogP contribution < -0.4 is 11.1 Å². The number of nitrogens with one attached hydrogen (secondary N) is 2. The van der Waals surface area contributed by atoms with Crippen LogP contribution in [-0.2, 0) is 0 Å². The van der Waals surface area contributed by atoms with Gasteiger partial charge in [0.05, 0.1) is 16.7 Å². The van der Waals surface area contributed by atoms with Gasteiger partial charge in [0.1, 0.15) is 11.1 Å². The van der Waals surface area contributed by atoms with E-state index < -0.39 is 0 Å². The number of phenolic OH excluding ortho intramolecular Hbond substituents is 1. The van der Waals surface area contributed by atoms with Gasteiger partial charge in [-0.05, 0) is 36.4 Å². The summed E-state index contributed by atoms with van der Waals surface area (Å²) in [5.74, 6) is -0.0649. The van der Waals surface area contributed by atoms with E-state index in [0.717, 1.165) is 33.1 Å². The lowest BCUT2D eigenvalue weighted by Crippen LogP contribution is -2.13. The van der Waals surface area contributed by atoms with E-state index >= 15 is 0 Å². The van der Waals surface area contributed by atoms with Crippen LogP contribution in [0.25, 0.3) is 33.1 Å². The number of phenols is 1. The van der Waals surface area contributed by atoms with Gasteiger partial charge in [-0.3, -0.25) is 5.41 Å². The summed E-state index contributed by atoms with van der Waals surface area (Å²) < 4.78 is 0. The molecule has 0 aliphatic carbocycles. The Morgan fingerprint density at radius 2 is 1.80 bits per heavy atom. The van der Waals surface area contributed by atoms with Crippen molar-refractivity contribution in [1.82, 2.24) is 9.97 Å². The SMILES string of the molecule is N=C(N)/N=c1/c2ccccc2nc(-c2ccc(O)cc2)c2cc[nH]c12. The molecule has 0 saturated heterocycles. The number of aromatic amines is 1. The monoisotopic (exact) mass is 329 g/mol. The highest BCUT2D eigenvalue weighted by Crippen LogP contribution is 2.27. The zero-order chi connectivity index (χ0) is 17.4. The predicted octanol–water partition coefficient (Wildman–Crippen LogP) is 2.88. The molecule has 2 heterocycles. The molecule has 0 aliphatic heterocycles. The number of hydrogen-bond acceptors (Lipinski definition) is 3. The number of para-hydroxylation sites is 1. The fourth-order valence-electron chi connectivity index (χ4n) is 2.93. The summed E-state index contributed by atoms with van der Waals surface area (Å²) in [6.45, 7) is 0. The van der Waals surface area contributed by atoms with Gasteiger partial charge < -0.3 is 15.8 Å². The third-order valence-electron chi connectivity index (χ3n) is 4.00. The van der Waals surface area contributed by atoms with E-state index in [1.54, 1.807) is 12.1 Å². The predicted molar refractivity (Wildman–Crippen MR) is 98.2 cm³/mol. The first kappa shape index (κ1) is 14.9. The van der Waals surface area contributed by atoms with Gasteiger partial charge >= 0.3 is 0 Å². The molecule has 4 aromatic rings. The Morgan fingerprint density at radius 1 is 1.04 bits per heavy atom. The lowest BCUT2D eigenvalue weighted by Gasteiger charge is -2.00. The molecular weight excluding hydrogens is 314 g/mol. The van der Waals surface area contributed by atoms with Gasteiger partial charge in [0.25, 0.3) is 0 Å². The molecule has 0 saturated carbocycles. The van der Waals surface area contributed by atoms with Crippen LogP contribution in [0.4, 0.5) is 0 Å². The zero-order valence-corrected chi connectivity index (χ0v) is 13.2. The maximum absolute atomic E-state index is 9.56. The summed E-state index contributed by atoms with van der Waals surface area (Å²) in [7, 11) is 0. The van der Waals surface area contributed by atoms with Crippen LogP contribution >= 0.6 is 0 Å². The molecule has 6 heteroatoms. The van der Waals surface area contributed by atoms with E-state index in [2.05, 4.69) is 9.98 Å². The van der Waals surface area contributed by atoms with Crippen molar-refractivity contribution in [2.24, 2.45) is 10.7 Å². The minimum atomic E-state index is -0.265. The number of guanidine groups is 1. The normalized spacial score (nSPS) is 11.9. The molecule has 0 radical (unpaired) electrons. The van der Waals surface area contributed by atoms with E-state index in [-0.39, 0.29) is 11.7 Å². The Kier molecular flexibility index (Phi) is 3.43. The molecule has 5 N–H and O–H groups in total. The van der Waals surface area contributed by atoms with Crippen LogP contribution in [0.15, 0.2) is 65.8 Å².